The SMILES string of the molecule is C=C(C(C)C)S(=O)(=O)c1ccccc1. The fraction of sp³-hybridized carbons (Fsp3) is 0.273. The van der Waals surface area contributed by atoms with Crippen LogP contribution in [0.2, 0.25) is 0 Å². The van der Waals surface area contributed by atoms with E-state index in [9.17, 15) is 8.42 Å². The van der Waals surface area contributed by atoms with Crippen molar-refractivity contribution in [1.82, 2.24) is 0 Å². The van der Waals surface area contributed by atoms with Crippen molar-refractivity contribution in [1.29, 1.82) is 0 Å². The monoisotopic (exact) mass is 210 g/mol. The number of hydrogen-bond donors (Lipinski definition) is 0. The summed E-state index contributed by atoms with van der Waals surface area (Å²) in [7, 11) is -3.33. The molecule has 3 heteroatoms. The second kappa shape index (κ2) is 3.96. The maximum absolute atomic E-state index is 11.9. The molecule has 2 nitrogen and oxygen atoms in total. The second-order valence-corrected chi connectivity index (χ2v) is 5.44. The van der Waals surface area contributed by atoms with Crippen molar-refractivity contribution in [2.45, 2.75) is 18.7 Å². The molecule has 14 heavy (non-hydrogen) atoms. The van der Waals surface area contributed by atoms with Gasteiger partial charge in [0.2, 0.25) is 9.84 Å². The first kappa shape index (κ1) is 11.0. The average molecular weight is 210 g/mol. The lowest BCUT2D eigenvalue weighted by molar-refractivity contribution is 0.595. The first-order valence-electron chi connectivity index (χ1n) is 4.45. The highest BCUT2D eigenvalue weighted by molar-refractivity contribution is 7.95. The molecule has 0 bridgehead atoms. The molecule has 1 rings (SSSR count). The Balaban J connectivity index is 3.17. The quantitative estimate of drug-likeness (QED) is 0.768. The molecular formula is C11H14O2S. The third-order valence-electron chi connectivity index (χ3n) is 2.04. The third-order valence-corrected chi connectivity index (χ3v) is 4.10. The molecule has 0 aliphatic rings. The van der Waals surface area contributed by atoms with E-state index in [1.165, 1.54) is 0 Å². The van der Waals surface area contributed by atoms with Crippen LogP contribution >= 0.6 is 0 Å². The highest BCUT2D eigenvalue weighted by atomic mass is 32.2. The zero-order chi connectivity index (χ0) is 10.8. The van der Waals surface area contributed by atoms with Gasteiger partial charge in [-0.1, -0.05) is 38.6 Å². The van der Waals surface area contributed by atoms with Crippen LogP contribution in [0.4, 0.5) is 0 Å². The molecule has 0 atom stereocenters. The fourth-order valence-electron chi connectivity index (χ4n) is 1.06. The maximum atomic E-state index is 11.9. The van der Waals surface area contributed by atoms with Crippen molar-refractivity contribution in [2.75, 3.05) is 0 Å². The second-order valence-electron chi connectivity index (χ2n) is 3.44. The fourth-order valence-corrected chi connectivity index (χ4v) is 2.50. The minimum absolute atomic E-state index is 0.0554. The summed E-state index contributed by atoms with van der Waals surface area (Å²) in [6.45, 7) is 7.26. The van der Waals surface area contributed by atoms with Gasteiger partial charge in [-0.3, -0.25) is 0 Å². The summed E-state index contributed by atoms with van der Waals surface area (Å²) in [5.74, 6) is -0.0554. The van der Waals surface area contributed by atoms with E-state index in [2.05, 4.69) is 6.58 Å². The van der Waals surface area contributed by atoms with Crippen LogP contribution in [0.15, 0.2) is 46.7 Å². The van der Waals surface area contributed by atoms with Crippen LogP contribution in [0.3, 0.4) is 0 Å². The molecule has 0 aromatic heterocycles. The Hall–Kier alpha value is -1.09. The van der Waals surface area contributed by atoms with Crippen molar-refractivity contribution < 1.29 is 8.42 Å². The molecule has 0 amide bonds. The summed E-state index contributed by atoms with van der Waals surface area (Å²) in [4.78, 5) is 0.586. The van der Waals surface area contributed by atoms with Gasteiger partial charge in [-0.25, -0.2) is 8.42 Å². The molecule has 0 saturated carbocycles. The molecule has 0 unspecified atom stereocenters. The van der Waals surface area contributed by atoms with Crippen molar-refractivity contribution in [2.24, 2.45) is 5.92 Å². The first-order chi connectivity index (χ1) is 6.46. The normalized spacial score (nSPS) is 11.6. The highest BCUT2D eigenvalue weighted by Gasteiger charge is 2.20. The van der Waals surface area contributed by atoms with Crippen LogP contribution in [-0.4, -0.2) is 8.42 Å². The van der Waals surface area contributed by atoms with Gasteiger partial charge in [-0.2, -0.15) is 0 Å². The summed E-state index contributed by atoms with van der Waals surface area (Å²) in [5.41, 5.74) is 0. The van der Waals surface area contributed by atoms with E-state index in [0.717, 1.165) is 0 Å². The summed E-state index contributed by atoms with van der Waals surface area (Å²) in [6.07, 6.45) is 0. The number of hydrogen-bond acceptors (Lipinski definition) is 2. The summed E-state index contributed by atoms with van der Waals surface area (Å²) >= 11 is 0. The molecule has 0 aliphatic heterocycles. The topological polar surface area (TPSA) is 34.1 Å². The standard InChI is InChI=1S/C11H14O2S/c1-9(2)10(3)14(12,13)11-7-5-4-6-8-11/h4-9H,3H2,1-2H3. The van der Waals surface area contributed by atoms with Crippen LogP contribution in [-0.2, 0) is 9.84 Å². The van der Waals surface area contributed by atoms with Crippen molar-refractivity contribution >= 4 is 9.84 Å². The van der Waals surface area contributed by atoms with Crippen LogP contribution in [0.1, 0.15) is 13.8 Å². The van der Waals surface area contributed by atoms with Gasteiger partial charge in [0.1, 0.15) is 0 Å². The zero-order valence-corrected chi connectivity index (χ0v) is 9.21. The van der Waals surface area contributed by atoms with Gasteiger partial charge in [-0.15, -0.1) is 0 Å². The van der Waals surface area contributed by atoms with Crippen molar-refractivity contribution in [3.63, 3.8) is 0 Å². The molecule has 0 aliphatic carbocycles. The van der Waals surface area contributed by atoms with Gasteiger partial charge < -0.3 is 0 Å². The summed E-state index contributed by atoms with van der Waals surface area (Å²) in [6, 6.07) is 8.38. The molecule has 0 saturated heterocycles. The van der Waals surface area contributed by atoms with Gasteiger partial charge in [0.05, 0.1) is 4.90 Å². The number of rotatable bonds is 3. The Bertz CT molecular complexity index is 416. The molecule has 0 N–H and O–H groups in total. The van der Waals surface area contributed by atoms with Crippen molar-refractivity contribution in [3.8, 4) is 0 Å². The van der Waals surface area contributed by atoms with Crippen LogP contribution < -0.4 is 0 Å². The molecule has 76 valence electrons. The van der Waals surface area contributed by atoms with Gasteiger partial charge >= 0.3 is 0 Å². The smallest absolute Gasteiger partial charge is 0.202 e. The molecule has 0 spiro atoms. The summed E-state index contributed by atoms with van der Waals surface area (Å²) in [5, 5.41) is 0. The molecule has 1 aromatic carbocycles. The lowest BCUT2D eigenvalue weighted by Crippen LogP contribution is -2.08. The van der Waals surface area contributed by atoms with E-state index in [-0.39, 0.29) is 10.8 Å². The largest absolute Gasteiger partial charge is 0.219 e. The Morgan fingerprint density at radius 1 is 1.21 bits per heavy atom. The maximum Gasteiger partial charge on any atom is 0.202 e. The Morgan fingerprint density at radius 2 is 1.71 bits per heavy atom. The van der Waals surface area contributed by atoms with E-state index in [1.54, 1.807) is 30.3 Å². The number of sulfone groups is 1. The van der Waals surface area contributed by atoms with Crippen LogP contribution in [0, 0.1) is 5.92 Å². The molecule has 1 aromatic rings. The van der Waals surface area contributed by atoms with Gasteiger partial charge in [0.25, 0.3) is 0 Å². The van der Waals surface area contributed by atoms with Crippen LogP contribution in [0.25, 0.3) is 0 Å². The molecule has 0 fully saturated rings. The Kier molecular flexibility index (Phi) is 3.11. The lowest BCUT2D eigenvalue weighted by atomic mass is 10.2. The van der Waals surface area contributed by atoms with Gasteiger partial charge in [0, 0.05) is 4.91 Å². The van der Waals surface area contributed by atoms with Crippen molar-refractivity contribution in [3.05, 3.63) is 41.8 Å². The van der Waals surface area contributed by atoms with E-state index in [0.29, 0.717) is 4.90 Å². The van der Waals surface area contributed by atoms with E-state index < -0.39 is 9.84 Å². The minimum Gasteiger partial charge on any atom is -0.219 e. The van der Waals surface area contributed by atoms with Crippen LogP contribution in [0.5, 0.6) is 0 Å². The highest BCUT2D eigenvalue weighted by Crippen LogP contribution is 2.22. The summed E-state index contributed by atoms with van der Waals surface area (Å²) < 4.78 is 23.7. The predicted molar refractivity (Wildman–Crippen MR) is 57.6 cm³/mol. The van der Waals surface area contributed by atoms with Gasteiger partial charge in [-0.05, 0) is 18.1 Å². The minimum atomic E-state index is -3.33. The van der Waals surface area contributed by atoms with E-state index in [4.69, 9.17) is 0 Å². The molecule has 0 radical (unpaired) electrons. The Labute approximate surface area is 85.2 Å². The molecule has 0 heterocycles. The first-order valence-corrected chi connectivity index (χ1v) is 5.93. The average Bonchev–Trinajstić information content (AvgIpc) is 2.18. The van der Waals surface area contributed by atoms with E-state index >= 15 is 0 Å². The lowest BCUT2D eigenvalue weighted by Gasteiger charge is -2.10. The van der Waals surface area contributed by atoms with E-state index in [1.807, 2.05) is 13.8 Å². The Morgan fingerprint density at radius 3 is 2.14 bits per heavy atom. The molecular weight excluding hydrogens is 196 g/mol. The third kappa shape index (κ3) is 2.04. The number of allylic oxidation sites excluding steroid dienone is 1. The predicted octanol–water partition coefficient (Wildman–Crippen LogP) is 2.63. The number of benzene rings is 1. The van der Waals surface area contributed by atoms with Gasteiger partial charge in [0.15, 0.2) is 0 Å². The zero-order valence-electron chi connectivity index (χ0n) is 8.40.